The number of amides is 1. The Kier molecular flexibility index (Phi) is 3.96. The zero-order valence-electron chi connectivity index (χ0n) is 12.7. The van der Waals surface area contributed by atoms with Crippen LogP contribution in [0.5, 0.6) is 0 Å². The highest BCUT2D eigenvalue weighted by Crippen LogP contribution is 2.32. The number of sulfonamides is 1. The summed E-state index contributed by atoms with van der Waals surface area (Å²) < 4.78 is 27.0. The molecule has 6 nitrogen and oxygen atoms in total. The first kappa shape index (κ1) is 15.5. The maximum atomic E-state index is 12.8. The van der Waals surface area contributed by atoms with Crippen molar-refractivity contribution in [3.05, 3.63) is 23.8 Å². The summed E-state index contributed by atoms with van der Waals surface area (Å²) in [5, 5.41) is 0. The molecule has 0 bridgehead atoms. The van der Waals surface area contributed by atoms with Crippen molar-refractivity contribution in [3.8, 4) is 0 Å². The van der Waals surface area contributed by atoms with E-state index in [0.29, 0.717) is 26.2 Å². The molecule has 1 fully saturated rings. The molecule has 120 valence electrons. The Labute approximate surface area is 130 Å². The second kappa shape index (κ2) is 5.64. The zero-order chi connectivity index (χ0) is 15.9. The van der Waals surface area contributed by atoms with E-state index in [1.54, 1.807) is 17.0 Å². The first-order chi connectivity index (χ1) is 10.4. The van der Waals surface area contributed by atoms with Crippen LogP contribution in [0.25, 0.3) is 0 Å². The van der Waals surface area contributed by atoms with Gasteiger partial charge in [-0.05, 0) is 43.0 Å². The van der Waals surface area contributed by atoms with Crippen LogP contribution in [0, 0.1) is 5.92 Å². The van der Waals surface area contributed by atoms with Crippen molar-refractivity contribution in [3.63, 3.8) is 0 Å². The van der Waals surface area contributed by atoms with E-state index in [1.807, 2.05) is 6.07 Å². The summed E-state index contributed by atoms with van der Waals surface area (Å²) in [4.78, 5) is 13.6. The van der Waals surface area contributed by atoms with Gasteiger partial charge in [0.1, 0.15) is 0 Å². The monoisotopic (exact) mass is 323 g/mol. The Bertz CT molecular complexity index is 702. The van der Waals surface area contributed by atoms with E-state index in [-0.39, 0.29) is 16.7 Å². The van der Waals surface area contributed by atoms with Crippen LogP contribution in [0.4, 0.5) is 5.69 Å². The Morgan fingerprint density at radius 2 is 2.14 bits per heavy atom. The molecule has 1 aromatic carbocycles. The van der Waals surface area contributed by atoms with Crippen LogP contribution in [0.1, 0.15) is 18.9 Å². The van der Waals surface area contributed by atoms with Gasteiger partial charge < -0.3 is 10.6 Å². The van der Waals surface area contributed by atoms with Crippen molar-refractivity contribution in [2.24, 2.45) is 11.7 Å². The van der Waals surface area contributed by atoms with Gasteiger partial charge in [0.25, 0.3) is 0 Å². The summed E-state index contributed by atoms with van der Waals surface area (Å²) in [6.45, 7) is 3.62. The molecule has 0 aromatic heterocycles. The van der Waals surface area contributed by atoms with E-state index in [2.05, 4.69) is 0 Å². The van der Waals surface area contributed by atoms with E-state index in [1.165, 1.54) is 11.2 Å². The number of fused-ring (bicyclic) bond motifs is 1. The van der Waals surface area contributed by atoms with Crippen molar-refractivity contribution < 1.29 is 13.2 Å². The smallest absolute Gasteiger partial charge is 0.243 e. The average Bonchev–Trinajstić information content (AvgIpc) is 3.13. The third-order valence-corrected chi connectivity index (χ3v) is 6.41. The first-order valence-electron chi connectivity index (χ1n) is 7.54. The SMILES string of the molecule is CC(=O)N1CCc2ccc(S(=O)(=O)N3CCC(CN)C3)cc21. The molecule has 1 aromatic rings. The highest BCUT2D eigenvalue weighted by molar-refractivity contribution is 7.89. The summed E-state index contributed by atoms with van der Waals surface area (Å²) in [7, 11) is -3.51. The Morgan fingerprint density at radius 3 is 2.77 bits per heavy atom. The third-order valence-electron chi connectivity index (χ3n) is 4.55. The Balaban J connectivity index is 1.93. The van der Waals surface area contributed by atoms with E-state index < -0.39 is 10.0 Å². The molecule has 2 heterocycles. The van der Waals surface area contributed by atoms with Crippen LogP contribution < -0.4 is 10.6 Å². The average molecular weight is 323 g/mol. The van der Waals surface area contributed by atoms with Gasteiger partial charge in [-0.2, -0.15) is 4.31 Å². The topological polar surface area (TPSA) is 83.7 Å². The minimum absolute atomic E-state index is 0.0577. The molecular weight excluding hydrogens is 302 g/mol. The molecule has 2 aliphatic heterocycles. The summed E-state index contributed by atoms with van der Waals surface area (Å²) in [5.74, 6) is 0.176. The van der Waals surface area contributed by atoms with Crippen LogP contribution in [0.15, 0.2) is 23.1 Å². The number of nitrogens with zero attached hydrogens (tertiary/aromatic N) is 2. The standard InChI is InChI=1S/C15H21N3O3S/c1-11(19)18-7-5-13-2-3-14(8-15(13)18)22(20,21)17-6-4-12(9-16)10-17/h2-3,8,12H,4-7,9-10,16H2,1H3. The van der Waals surface area contributed by atoms with Crippen LogP contribution in [0.3, 0.4) is 0 Å². The molecule has 2 N–H and O–H groups in total. The van der Waals surface area contributed by atoms with Crippen molar-refractivity contribution in [2.75, 3.05) is 31.1 Å². The van der Waals surface area contributed by atoms with Gasteiger partial charge in [0.05, 0.1) is 4.90 Å². The number of carbonyl (C=O) groups is 1. The molecule has 7 heteroatoms. The number of nitrogens with two attached hydrogens (primary N) is 1. The van der Waals surface area contributed by atoms with Gasteiger partial charge in [-0.1, -0.05) is 6.07 Å². The molecule has 22 heavy (non-hydrogen) atoms. The molecule has 1 saturated heterocycles. The molecule has 0 radical (unpaired) electrons. The highest BCUT2D eigenvalue weighted by atomic mass is 32.2. The van der Waals surface area contributed by atoms with Crippen molar-refractivity contribution >= 4 is 21.6 Å². The van der Waals surface area contributed by atoms with E-state index >= 15 is 0 Å². The Hall–Kier alpha value is -1.44. The van der Waals surface area contributed by atoms with E-state index in [0.717, 1.165) is 24.1 Å². The van der Waals surface area contributed by atoms with E-state index in [4.69, 9.17) is 5.73 Å². The summed E-state index contributed by atoms with van der Waals surface area (Å²) in [6, 6.07) is 5.10. The number of hydrogen-bond donors (Lipinski definition) is 1. The quantitative estimate of drug-likeness (QED) is 0.881. The maximum Gasteiger partial charge on any atom is 0.243 e. The van der Waals surface area contributed by atoms with Crippen LogP contribution in [-0.4, -0.2) is 44.8 Å². The molecule has 1 unspecified atom stereocenters. The van der Waals surface area contributed by atoms with Crippen LogP contribution in [-0.2, 0) is 21.2 Å². The number of hydrogen-bond acceptors (Lipinski definition) is 4. The summed E-state index contributed by atoms with van der Waals surface area (Å²) in [6.07, 6.45) is 1.58. The highest BCUT2D eigenvalue weighted by Gasteiger charge is 2.33. The fourth-order valence-corrected chi connectivity index (χ4v) is 4.76. The first-order valence-corrected chi connectivity index (χ1v) is 8.98. The molecule has 2 aliphatic rings. The largest absolute Gasteiger partial charge is 0.330 e. The fourth-order valence-electron chi connectivity index (χ4n) is 3.20. The minimum atomic E-state index is -3.51. The minimum Gasteiger partial charge on any atom is -0.330 e. The number of benzene rings is 1. The normalized spacial score (nSPS) is 22.1. The van der Waals surface area contributed by atoms with Gasteiger partial charge in [-0.25, -0.2) is 8.42 Å². The second-order valence-corrected chi connectivity index (χ2v) is 7.90. The summed E-state index contributed by atoms with van der Waals surface area (Å²) in [5.41, 5.74) is 7.39. The van der Waals surface area contributed by atoms with Gasteiger partial charge in [-0.15, -0.1) is 0 Å². The zero-order valence-corrected chi connectivity index (χ0v) is 13.5. The van der Waals surface area contributed by atoms with Gasteiger partial charge >= 0.3 is 0 Å². The molecule has 0 aliphatic carbocycles. The lowest BCUT2D eigenvalue weighted by Gasteiger charge is -2.19. The predicted octanol–water partition coefficient (Wildman–Crippen LogP) is 0.565. The van der Waals surface area contributed by atoms with Gasteiger partial charge in [0.2, 0.25) is 15.9 Å². The number of anilines is 1. The van der Waals surface area contributed by atoms with Crippen LogP contribution in [0.2, 0.25) is 0 Å². The summed E-state index contributed by atoms with van der Waals surface area (Å²) >= 11 is 0. The van der Waals surface area contributed by atoms with Crippen LogP contribution >= 0.6 is 0 Å². The lowest BCUT2D eigenvalue weighted by Crippen LogP contribution is -2.30. The van der Waals surface area contributed by atoms with Gasteiger partial charge in [0, 0.05) is 32.2 Å². The van der Waals surface area contributed by atoms with E-state index in [9.17, 15) is 13.2 Å². The third kappa shape index (κ3) is 2.53. The van der Waals surface area contributed by atoms with Crippen molar-refractivity contribution in [1.29, 1.82) is 0 Å². The maximum absolute atomic E-state index is 12.8. The number of rotatable bonds is 3. The van der Waals surface area contributed by atoms with Gasteiger partial charge in [0.15, 0.2) is 0 Å². The molecule has 0 spiro atoms. The molecule has 1 amide bonds. The lowest BCUT2D eigenvalue weighted by molar-refractivity contribution is -0.116. The second-order valence-electron chi connectivity index (χ2n) is 5.96. The van der Waals surface area contributed by atoms with Crippen molar-refractivity contribution in [1.82, 2.24) is 4.31 Å². The molecule has 1 atom stereocenters. The predicted molar refractivity (Wildman–Crippen MR) is 84.1 cm³/mol. The Morgan fingerprint density at radius 1 is 1.36 bits per heavy atom. The molecule has 0 saturated carbocycles. The lowest BCUT2D eigenvalue weighted by atomic mass is 10.1. The van der Waals surface area contributed by atoms with Crippen molar-refractivity contribution in [2.45, 2.75) is 24.7 Å². The molecular formula is C15H21N3O3S. The fraction of sp³-hybridized carbons (Fsp3) is 0.533. The molecule has 3 rings (SSSR count). The van der Waals surface area contributed by atoms with Gasteiger partial charge in [-0.3, -0.25) is 4.79 Å². The number of carbonyl (C=O) groups excluding carboxylic acids is 1.